The largest absolute Gasteiger partial charge is 0.480 e. The van der Waals surface area contributed by atoms with Crippen LogP contribution in [0, 0.1) is 0 Å². The number of amides is 2. The Morgan fingerprint density at radius 3 is 2.43 bits per heavy atom. The number of nitrogens with two attached hydrogens (primary N) is 1. The Labute approximate surface area is 241 Å². The van der Waals surface area contributed by atoms with Crippen LogP contribution in [0.1, 0.15) is 30.7 Å². The number of carbonyl (C=O) groups is 3. The van der Waals surface area contributed by atoms with Gasteiger partial charge in [-0.15, -0.1) is 0 Å². The molecule has 0 bridgehead atoms. The Kier molecular flexibility index (Phi) is 9.79. The second-order valence-corrected chi connectivity index (χ2v) is 9.38. The molecule has 0 aliphatic heterocycles. The number of carbonyl (C=O) groups excluding carboxylic acids is 2. The third-order valence-corrected chi connectivity index (χ3v) is 6.02. The number of ether oxygens (including phenoxy) is 2. The molecule has 0 fully saturated rings. The third-order valence-electron chi connectivity index (χ3n) is 6.02. The first-order valence-electron chi connectivity index (χ1n) is 13.0. The standard InChI is InChI=1S/C29H30N6O7/c1-17(30)27(36)33-25(28(37)38)18(2)41-29(39)34-26-22(6-5-13-32-26)23-15-21(35-42-23)14-19-8-10-20(11-9-19)16-40-24-7-3-4-12-31-24/h3-13,15,17-18,25H,14,16,30H2,1-2H3,(H,33,36)(H,37,38)(H,32,34,39)/t17-,18-,25+/m0/s1. The molecule has 13 nitrogen and oxygen atoms in total. The van der Waals surface area contributed by atoms with Crippen molar-refractivity contribution in [2.75, 3.05) is 5.32 Å². The number of nitrogens with one attached hydrogen (secondary N) is 2. The van der Waals surface area contributed by atoms with E-state index in [1.807, 2.05) is 36.4 Å². The molecule has 3 heterocycles. The van der Waals surface area contributed by atoms with Crippen LogP contribution < -0.4 is 21.1 Å². The molecule has 0 aliphatic carbocycles. The third kappa shape index (κ3) is 8.11. The highest BCUT2D eigenvalue weighted by Gasteiger charge is 2.30. The molecular formula is C29H30N6O7. The van der Waals surface area contributed by atoms with Gasteiger partial charge in [-0.1, -0.05) is 35.5 Å². The number of carboxylic acids is 1. The van der Waals surface area contributed by atoms with Crippen LogP contribution in [-0.4, -0.2) is 56.4 Å². The van der Waals surface area contributed by atoms with Gasteiger partial charge in [-0.2, -0.15) is 0 Å². The van der Waals surface area contributed by atoms with Crippen LogP contribution in [0.5, 0.6) is 5.88 Å². The second-order valence-electron chi connectivity index (χ2n) is 9.38. The van der Waals surface area contributed by atoms with Gasteiger partial charge >= 0.3 is 12.1 Å². The number of anilines is 1. The van der Waals surface area contributed by atoms with E-state index in [1.165, 1.54) is 20.0 Å². The highest BCUT2D eigenvalue weighted by molar-refractivity contribution is 5.90. The smallest absolute Gasteiger partial charge is 0.413 e. The van der Waals surface area contributed by atoms with Gasteiger partial charge in [0, 0.05) is 30.9 Å². The fraction of sp³-hybridized carbons (Fsp3) is 0.241. The predicted octanol–water partition coefficient (Wildman–Crippen LogP) is 3.16. The second kappa shape index (κ2) is 13.9. The van der Waals surface area contributed by atoms with E-state index in [2.05, 4.69) is 25.8 Å². The minimum Gasteiger partial charge on any atom is -0.480 e. The van der Waals surface area contributed by atoms with Crippen LogP contribution >= 0.6 is 0 Å². The van der Waals surface area contributed by atoms with Crippen molar-refractivity contribution in [1.82, 2.24) is 20.4 Å². The van der Waals surface area contributed by atoms with Crippen molar-refractivity contribution in [1.29, 1.82) is 0 Å². The van der Waals surface area contributed by atoms with Gasteiger partial charge in [-0.3, -0.25) is 10.1 Å². The van der Waals surface area contributed by atoms with E-state index in [4.69, 9.17) is 19.7 Å². The Hall–Kier alpha value is -5.30. The Balaban J connectivity index is 1.37. The SMILES string of the molecule is C[C@H](N)C(=O)N[C@@H](C(=O)O)[C@H](C)OC(=O)Nc1ncccc1-c1cc(Cc2ccc(COc3ccccn3)cc2)no1. The summed E-state index contributed by atoms with van der Waals surface area (Å²) in [5.74, 6) is -1.06. The van der Waals surface area contributed by atoms with E-state index >= 15 is 0 Å². The number of carboxylic acid groups (broad SMARTS) is 1. The number of hydrogen-bond acceptors (Lipinski definition) is 10. The molecule has 4 rings (SSSR count). The molecule has 0 unspecified atom stereocenters. The lowest BCUT2D eigenvalue weighted by atomic mass is 10.1. The van der Waals surface area contributed by atoms with E-state index in [1.54, 1.807) is 30.5 Å². The summed E-state index contributed by atoms with van der Waals surface area (Å²) in [6, 6.07) is 16.0. The van der Waals surface area contributed by atoms with Crippen LogP contribution in [0.15, 0.2) is 77.6 Å². The molecule has 2 amide bonds. The molecule has 0 aliphatic rings. The molecule has 5 N–H and O–H groups in total. The molecule has 0 radical (unpaired) electrons. The zero-order valence-corrected chi connectivity index (χ0v) is 22.9. The topological polar surface area (TPSA) is 192 Å². The van der Waals surface area contributed by atoms with Crippen molar-refractivity contribution in [3.63, 3.8) is 0 Å². The van der Waals surface area contributed by atoms with Crippen molar-refractivity contribution in [3.8, 4) is 17.2 Å². The fourth-order valence-electron chi connectivity index (χ4n) is 3.81. The molecule has 3 atom stereocenters. The number of aromatic nitrogens is 3. The summed E-state index contributed by atoms with van der Waals surface area (Å²) in [4.78, 5) is 44.4. The summed E-state index contributed by atoms with van der Waals surface area (Å²) in [6.07, 6.45) is 1.43. The Bertz CT molecular complexity index is 1510. The van der Waals surface area contributed by atoms with E-state index in [0.29, 0.717) is 35.9 Å². The van der Waals surface area contributed by atoms with E-state index in [-0.39, 0.29) is 5.82 Å². The average molecular weight is 575 g/mol. The number of nitrogens with zero attached hydrogens (tertiary/aromatic N) is 3. The molecular weight excluding hydrogens is 544 g/mol. The highest BCUT2D eigenvalue weighted by Crippen LogP contribution is 2.27. The van der Waals surface area contributed by atoms with Gasteiger partial charge in [0.1, 0.15) is 18.5 Å². The van der Waals surface area contributed by atoms with E-state index in [0.717, 1.165) is 11.1 Å². The molecule has 0 saturated heterocycles. The maximum Gasteiger partial charge on any atom is 0.413 e. The quantitative estimate of drug-likeness (QED) is 0.194. The monoisotopic (exact) mass is 574 g/mol. The summed E-state index contributed by atoms with van der Waals surface area (Å²) in [7, 11) is 0. The first-order chi connectivity index (χ1) is 20.2. The summed E-state index contributed by atoms with van der Waals surface area (Å²) < 4.78 is 16.4. The van der Waals surface area contributed by atoms with Crippen molar-refractivity contribution in [3.05, 3.63) is 89.9 Å². The normalized spacial score (nSPS) is 12.9. The first-order valence-corrected chi connectivity index (χ1v) is 13.0. The minimum absolute atomic E-state index is 0.112. The van der Waals surface area contributed by atoms with Crippen molar-refractivity contribution < 1.29 is 33.5 Å². The summed E-state index contributed by atoms with van der Waals surface area (Å²) >= 11 is 0. The zero-order chi connectivity index (χ0) is 30.1. The van der Waals surface area contributed by atoms with Gasteiger partial charge in [-0.05, 0) is 43.2 Å². The fourth-order valence-corrected chi connectivity index (χ4v) is 3.81. The van der Waals surface area contributed by atoms with Gasteiger partial charge in [0.2, 0.25) is 11.8 Å². The molecule has 13 heteroatoms. The van der Waals surface area contributed by atoms with Crippen molar-refractivity contribution in [2.24, 2.45) is 5.73 Å². The van der Waals surface area contributed by atoms with Gasteiger partial charge in [-0.25, -0.2) is 19.6 Å². The Morgan fingerprint density at radius 1 is 1.00 bits per heavy atom. The lowest BCUT2D eigenvalue weighted by Crippen LogP contribution is -2.53. The first kappa shape index (κ1) is 29.7. The molecule has 218 valence electrons. The highest BCUT2D eigenvalue weighted by atomic mass is 16.6. The maximum absolute atomic E-state index is 12.6. The Morgan fingerprint density at radius 2 is 1.74 bits per heavy atom. The zero-order valence-electron chi connectivity index (χ0n) is 22.9. The van der Waals surface area contributed by atoms with Gasteiger partial charge in [0.05, 0.1) is 17.3 Å². The number of benzene rings is 1. The number of hydrogen-bond donors (Lipinski definition) is 4. The summed E-state index contributed by atoms with van der Waals surface area (Å²) in [5.41, 5.74) is 8.57. The van der Waals surface area contributed by atoms with Crippen LogP contribution in [0.3, 0.4) is 0 Å². The van der Waals surface area contributed by atoms with Crippen molar-refractivity contribution in [2.45, 2.75) is 45.1 Å². The number of rotatable bonds is 12. The minimum atomic E-state index is -1.50. The van der Waals surface area contributed by atoms with Gasteiger partial charge < -0.3 is 30.2 Å². The van der Waals surface area contributed by atoms with Crippen LogP contribution in [0.2, 0.25) is 0 Å². The van der Waals surface area contributed by atoms with Crippen molar-refractivity contribution >= 4 is 23.8 Å². The number of aliphatic carboxylic acids is 1. The van der Waals surface area contributed by atoms with Crippen LogP contribution in [0.25, 0.3) is 11.3 Å². The lowest BCUT2D eigenvalue weighted by Gasteiger charge is -2.22. The predicted molar refractivity (Wildman–Crippen MR) is 150 cm³/mol. The average Bonchev–Trinajstić information content (AvgIpc) is 3.44. The van der Waals surface area contributed by atoms with Gasteiger partial charge in [0.25, 0.3) is 0 Å². The van der Waals surface area contributed by atoms with Crippen LogP contribution in [-0.2, 0) is 27.4 Å². The molecule has 3 aromatic heterocycles. The van der Waals surface area contributed by atoms with E-state index < -0.39 is 36.2 Å². The van der Waals surface area contributed by atoms with Crippen LogP contribution in [0.4, 0.5) is 10.6 Å². The molecule has 0 spiro atoms. The lowest BCUT2D eigenvalue weighted by molar-refractivity contribution is -0.144. The van der Waals surface area contributed by atoms with E-state index in [9.17, 15) is 19.5 Å². The summed E-state index contributed by atoms with van der Waals surface area (Å²) in [6.45, 7) is 3.13. The maximum atomic E-state index is 12.6. The molecule has 1 aromatic carbocycles. The summed E-state index contributed by atoms with van der Waals surface area (Å²) in [5, 5.41) is 18.3. The number of pyridine rings is 2. The molecule has 0 saturated carbocycles. The molecule has 4 aromatic rings. The molecule has 42 heavy (non-hydrogen) atoms. The van der Waals surface area contributed by atoms with Gasteiger partial charge in [0.15, 0.2) is 11.8 Å².